The molecule has 0 N–H and O–H groups in total. The first-order valence-corrected chi connectivity index (χ1v) is 18.1. The number of hydrogen-bond donors (Lipinski definition) is 0. The molecule has 1 nitrogen and oxygen atoms in total. The Kier molecular flexibility index (Phi) is 7.93. The monoisotopic (exact) mass is 657 g/mol. The number of benzene rings is 7. The zero-order valence-electron chi connectivity index (χ0n) is 27.7. The van der Waals surface area contributed by atoms with Crippen LogP contribution in [-0.4, -0.2) is 0 Å². The highest BCUT2D eigenvalue weighted by atomic mass is 32.1. The first-order valence-electron chi connectivity index (χ1n) is 17.3. The lowest BCUT2D eigenvalue weighted by Crippen LogP contribution is -2.10. The fraction of sp³-hybridized carbons (Fsp3) is 0.0417. The van der Waals surface area contributed by atoms with E-state index in [9.17, 15) is 0 Å². The molecule has 0 radical (unpaired) electrons. The van der Waals surface area contributed by atoms with Crippen molar-refractivity contribution < 1.29 is 0 Å². The summed E-state index contributed by atoms with van der Waals surface area (Å²) in [6, 6.07) is 62.0. The average Bonchev–Trinajstić information content (AvgIpc) is 3.58. The summed E-state index contributed by atoms with van der Waals surface area (Å²) in [5.74, 6) is 0. The Bertz CT molecular complexity index is 2480. The summed E-state index contributed by atoms with van der Waals surface area (Å²) in [5.41, 5.74) is 13.4. The van der Waals surface area contributed by atoms with Crippen molar-refractivity contribution in [3.8, 4) is 33.4 Å². The minimum atomic E-state index is 1.09. The van der Waals surface area contributed by atoms with E-state index in [1.54, 1.807) is 0 Å². The first kappa shape index (κ1) is 30.1. The predicted octanol–water partition coefficient (Wildman–Crippen LogP) is 14.3. The second-order valence-corrected chi connectivity index (χ2v) is 14.0. The molecular formula is C48H35NS. The van der Waals surface area contributed by atoms with Gasteiger partial charge >= 0.3 is 0 Å². The number of allylic oxidation sites excluding steroid dienone is 4. The van der Waals surface area contributed by atoms with Gasteiger partial charge in [0, 0.05) is 37.2 Å². The molecule has 0 saturated carbocycles. The number of rotatable bonds is 7. The molecule has 0 amide bonds. The Balaban J connectivity index is 1.02. The summed E-state index contributed by atoms with van der Waals surface area (Å²) >= 11 is 1.86. The summed E-state index contributed by atoms with van der Waals surface area (Å²) in [7, 11) is 0. The van der Waals surface area contributed by atoms with E-state index < -0.39 is 0 Å². The van der Waals surface area contributed by atoms with Crippen LogP contribution < -0.4 is 4.90 Å². The predicted molar refractivity (Wildman–Crippen MR) is 217 cm³/mol. The summed E-state index contributed by atoms with van der Waals surface area (Å²) in [6.07, 6.45) is 8.85. The van der Waals surface area contributed by atoms with Gasteiger partial charge in [-0.05, 0) is 112 Å². The molecule has 8 aromatic rings. The molecule has 0 bridgehead atoms. The largest absolute Gasteiger partial charge is 0.311 e. The minimum absolute atomic E-state index is 1.09. The molecule has 0 saturated heterocycles. The van der Waals surface area contributed by atoms with Crippen molar-refractivity contribution >= 4 is 54.1 Å². The zero-order chi connectivity index (χ0) is 33.3. The van der Waals surface area contributed by atoms with Crippen molar-refractivity contribution in [3.05, 3.63) is 194 Å². The van der Waals surface area contributed by atoms with Gasteiger partial charge in [0.05, 0.1) is 0 Å². The van der Waals surface area contributed by atoms with E-state index in [1.165, 1.54) is 64.7 Å². The second-order valence-electron chi connectivity index (χ2n) is 12.9. The molecule has 7 aromatic carbocycles. The third-order valence-corrected chi connectivity index (χ3v) is 10.9. The summed E-state index contributed by atoms with van der Waals surface area (Å²) in [6.45, 7) is 0. The Morgan fingerprint density at radius 2 is 0.880 bits per heavy atom. The summed E-state index contributed by atoms with van der Waals surface area (Å²) < 4.78 is 2.68. The molecular weight excluding hydrogens is 623 g/mol. The quantitative estimate of drug-likeness (QED) is 0.165. The normalized spacial score (nSPS) is 12.7. The summed E-state index contributed by atoms with van der Waals surface area (Å²) in [5, 5.41) is 2.67. The third kappa shape index (κ3) is 5.85. The molecule has 0 atom stereocenters. The SMILES string of the molecule is C1=CCCC(c2ccc(N(c3ccc(-c4ccccc4)cc3)c3ccc(-c4ccc(-c5ccc6sc7ccccc7c6c5)cc4)cc3)cc2)=C1. The molecule has 1 heterocycles. The highest BCUT2D eigenvalue weighted by Gasteiger charge is 2.15. The van der Waals surface area contributed by atoms with Crippen LogP contribution in [0.4, 0.5) is 17.1 Å². The van der Waals surface area contributed by atoms with Gasteiger partial charge in [-0.1, -0.05) is 133 Å². The zero-order valence-corrected chi connectivity index (χ0v) is 28.5. The highest BCUT2D eigenvalue weighted by molar-refractivity contribution is 7.25. The van der Waals surface area contributed by atoms with Crippen LogP contribution in [0.2, 0.25) is 0 Å². The Hall–Kier alpha value is -5.96. The topological polar surface area (TPSA) is 3.24 Å². The van der Waals surface area contributed by atoms with Gasteiger partial charge in [-0.25, -0.2) is 0 Å². The van der Waals surface area contributed by atoms with Gasteiger partial charge in [0.1, 0.15) is 0 Å². The molecule has 1 aliphatic rings. The van der Waals surface area contributed by atoms with Crippen molar-refractivity contribution in [1.82, 2.24) is 0 Å². The molecule has 0 fully saturated rings. The van der Waals surface area contributed by atoms with E-state index >= 15 is 0 Å². The third-order valence-electron chi connectivity index (χ3n) is 9.80. The van der Waals surface area contributed by atoms with Crippen molar-refractivity contribution in [2.24, 2.45) is 0 Å². The Labute approximate surface area is 297 Å². The van der Waals surface area contributed by atoms with Crippen LogP contribution in [0.5, 0.6) is 0 Å². The average molecular weight is 658 g/mol. The Morgan fingerprint density at radius 1 is 0.400 bits per heavy atom. The van der Waals surface area contributed by atoms with Crippen LogP contribution in [-0.2, 0) is 0 Å². The number of anilines is 3. The number of hydrogen-bond acceptors (Lipinski definition) is 2. The van der Waals surface area contributed by atoms with Gasteiger partial charge in [0.2, 0.25) is 0 Å². The fourth-order valence-corrected chi connectivity index (χ4v) is 8.20. The van der Waals surface area contributed by atoms with Crippen molar-refractivity contribution in [2.75, 3.05) is 4.90 Å². The van der Waals surface area contributed by atoms with Gasteiger partial charge in [-0.2, -0.15) is 0 Å². The molecule has 0 aliphatic heterocycles. The molecule has 0 spiro atoms. The maximum atomic E-state index is 2.35. The first-order chi connectivity index (χ1) is 24.8. The lowest BCUT2D eigenvalue weighted by molar-refractivity contribution is 1.05. The maximum absolute atomic E-state index is 2.35. The second kappa shape index (κ2) is 13.2. The van der Waals surface area contributed by atoms with E-state index in [0.29, 0.717) is 0 Å². The number of fused-ring (bicyclic) bond motifs is 3. The number of thiophene rings is 1. The van der Waals surface area contributed by atoms with Crippen LogP contribution in [0.3, 0.4) is 0 Å². The molecule has 1 aromatic heterocycles. The molecule has 2 heteroatoms. The van der Waals surface area contributed by atoms with Crippen molar-refractivity contribution in [2.45, 2.75) is 12.8 Å². The van der Waals surface area contributed by atoms with E-state index in [2.05, 4.69) is 193 Å². The van der Waals surface area contributed by atoms with Gasteiger partial charge in [0.25, 0.3) is 0 Å². The van der Waals surface area contributed by atoms with Crippen molar-refractivity contribution in [1.29, 1.82) is 0 Å². The van der Waals surface area contributed by atoms with E-state index in [1.807, 2.05) is 11.3 Å². The Morgan fingerprint density at radius 3 is 1.48 bits per heavy atom. The van der Waals surface area contributed by atoms with Crippen LogP contribution in [0.1, 0.15) is 18.4 Å². The van der Waals surface area contributed by atoms with Crippen LogP contribution in [0.15, 0.2) is 188 Å². The number of nitrogens with zero attached hydrogens (tertiary/aromatic N) is 1. The molecule has 9 rings (SSSR count). The van der Waals surface area contributed by atoms with Crippen LogP contribution in [0, 0.1) is 0 Å². The lowest BCUT2D eigenvalue weighted by Gasteiger charge is -2.26. The standard InChI is InChI=1S/C48H35NS/c1-3-9-34(10-4-1)37-19-26-42(27-20-37)49(43-28-21-38(22-29-43)35-11-5-2-6-12-35)44-30-23-39(24-31-44)36-15-17-40(18-16-36)41-25-32-48-46(33-41)45-13-7-8-14-47(45)50-48/h1-5,7-11,13-33H,6,12H2. The molecule has 1 aliphatic carbocycles. The van der Waals surface area contributed by atoms with E-state index in [-0.39, 0.29) is 0 Å². The van der Waals surface area contributed by atoms with Crippen molar-refractivity contribution in [3.63, 3.8) is 0 Å². The van der Waals surface area contributed by atoms with Gasteiger partial charge in [-0.3, -0.25) is 0 Å². The molecule has 0 unspecified atom stereocenters. The highest BCUT2D eigenvalue weighted by Crippen LogP contribution is 2.39. The van der Waals surface area contributed by atoms with Crippen LogP contribution >= 0.6 is 11.3 Å². The van der Waals surface area contributed by atoms with Gasteiger partial charge < -0.3 is 4.90 Å². The molecule has 238 valence electrons. The summed E-state index contributed by atoms with van der Waals surface area (Å²) in [4.78, 5) is 2.35. The van der Waals surface area contributed by atoms with E-state index in [0.717, 1.165) is 29.9 Å². The maximum Gasteiger partial charge on any atom is 0.0462 e. The van der Waals surface area contributed by atoms with Crippen LogP contribution in [0.25, 0.3) is 59.1 Å². The smallest absolute Gasteiger partial charge is 0.0462 e. The fourth-order valence-electron chi connectivity index (χ4n) is 7.11. The lowest BCUT2D eigenvalue weighted by atomic mass is 9.97. The molecule has 50 heavy (non-hydrogen) atoms. The van der Waals surface area contributed by atoms with Gasteiger partial charge in [-0.15, -0.1) is 11.3 Å². The van der Waals surface area contributed by atoms with E-state index in [4.69, 9.17) is 0 Å². The van der Waals surface area contributed by atoms with Gasteiger partial charge in [0.15, 0.2) is 0 Å². The minimum Gasteiger partial charge on any atom is -0.311 e.